The minimum absolute atomic E-state index is 0.623. The first-order valence-electron chi connectivity index (χ1n) is 8.22. The van der Waals surface area contributed by atoms with Crippen LogP contribution in [0.15, 0.2) is 84.9 Å². The van der Waals surface area contributed by atoms with Crippen molar-refractivity contribution in [1.29, 1.82) is 5.26 Å². The third-order valence-corrected chi connectivity index (χ3v) is 4.97. The minimum atomic E-state index is 0.623. The highest BCUT2D eigenvalue weighted by atomic mass is 32.1. The van der Waals surface area contributed by atoms with Crippen molar-refractivity contribution in [3.05, 3.63) is 90.5 Å². The van der Waals surface area contributed by atoms with Gasteiger partial charge in [0.2, 0.25) is 0 Å². The summed E-state index contributed by atoms with van der Waals surface area (Å²) in [5.41, 5.74) is 4.67. The van der Waals surface area contributed by atoms with E-state index in [2.05, 4.69) is 35.7 Å². The molecule has 0 spiro atoms. The third-order valence-electron chi connectivity index (χ3n) is 3.95. The summed E-state index contributed by atoms with van der Waals surface area (Å²) in [5.74, 6) is 0. The Hall–Kier alpha value is -3.42. The second-order valence-electron chi connectivity index (χ2n) is 5.75. The van der Waals surface area contributed by atoms with Crippen molar-refractivity contribution < 1.29 is 0 Å². The van der Waals surface area contributed by atoms with Crippen molar-refractivity contribution >= 4 is 22.2 Å². The molecule has 4 rings (SSSR count). The molecule has 0 amide bonds. The number of nitrogens with one attached hydrogen (secondary N) is 1. The van der Waals surface area contributed by atoms with E-state index in [0.717, 1.165) is 32.5 Å². The maximum absolute atomic E-state index is 9.08. The first-order chi connectivity index (χ1) is 12.8. The van der Waals surface area contributed by atoms with Crippen molar-refractivity contribution in [3.8, 4) is 27.8 Å². The zero-order valence-corrected chi connectivity index (χ0v) is 14.7. The maximum atomic E-state index is 9.08. The normalized spacial score (nSPS) is 10.3. The van der Waals surface area contributed by atoms with Gasteiger partial charge in [-0.2, -0.15) is 5.26 Å². The molecule has 0 saturated carbocycles. The Balaban J connectivity index is 1.77. The second kappa shape index (κ2) is 7.22. The van der Waals surface area contributed by atoms with E-state index < -0.39 is 0 Å². The number of nitriles is 1. The van der Waals surface area contributed by atoms with Gasteiger partial charge in [-0.1, -0.05) is 78.1 Å². The SMILES string of the molecule is N#Cc1cccc(Nc2nc(-c3ccccc3)c(-c3ccccc3)s2)c1. The van der Waals surface area contributed by atoms with Crippen molar-refractivity contribution in [2.24, 2.45) is 0 Å². The Kier molecular flexibility index (Phi) is 4.46. The molecule has 0 fully saturated rings. The summed E-state index contributed by atoms with van der Waals surface area (Å²) in [4.78, 5) is 5.95. The highest BCUT2D eigenvalue weighted by molar-refractivity contribution is 7.19. The fraction of sp³-hybridized carbons (Fsp3) is 0. The van der Waals surface area contributed by atoms with Gasteiger partial charge in [-0.3, -0.25) is 0 Å². The van der Waals surface area contributed by atoms with Crippen LogP contribution in [0.3, 0.4) is 0 Å². The molecule has 4 heteroatoms. The lowest BCUT2D eigenvalue weighted by Gasteiger charge is -2.02. The number of anilines is 2. The van der Waals surface area contributed by atoms with E-state index in [-0.39, 0.29) is 0 Å². The monoisotopic (exact) mass is 353 g/mol. The number of rotatable bonds is 4. The summed E-state index contributed by atoms with van der Waals surface area (Å²) in [6.45, 7) is 0. The maximum Gasteiger partial charge on any atom is 0.188 e. The third kappa shape index (κ3) is 3.34. The van der Waals surface area contributed by atoms with E-state index in [1.807, 2.05) is 54.6 Å². The molecule has 3 nitrogen and oxygen atoms in total. The van der Waals surface area contributed by atoms with Gasteiger partial charge in [-0.05, 0) is 23.8 Å². The lowest BCUT2D eigenvalue weighted by molar-refractivity contribution is 1.38. The van der Waals surface area contributed by atoms with E-state index in [4.69, 9.17) is 10.2 Å². The number of hydrogen-bond donors (Lipinski definition) is 1. The van der Waals surface area contributed by atoms with Crippen LogP contribution in [0.5, 0.6) is 0 Å². The van der Waals surface area contributed by atoms with Gasteiger partial charge in [0, 0.05) is 11.3 Å². The van der Waals surface area contributed by atoms with Crippen LogP contribution >= 0.6 is 11.3 Å². The lowest BCUT2D eigenvalue weighted by atomic mass is 10.1. The van der Waals surface area contributed by atoms with Crippen LogP contribution in [-0.2, 0) is 0 Å². The Bertz CT molecular complexity index is 1010. The number of thiazole rings is 1. The summed E-state index contributed by atoms with van der Waals surface area (Å²) < 4.78 is 0. The van der Waals surface area contributed by atoms with Crippen LogP contribution in [-0.4, -0.2) is 4.98 Å². The summed E-state index contributed by atoms with van der Waals surface area (Å²) in [6.07, 6.45) is 0. The molecular formula is C22H15N3S. The summed E-state index contributed by atoms with van der Waals surface area (Å²) in [6, 6.07) is 30.0. The molecule has 124 valence electrons. The first-order valence-corrected chi connectivity index (χ1v) is 9.04. The number of hydrogen-bond acceptors (Lipinski definition) is 4. The smallest absolute Gasteiger partial charge is 0.188 e. The molecule has 0 radical (unpaired) electrons. The van der Waals surface area contributed by atoms with Crippen molar-refractivity contribution in [3.63, 3.8) is 0 Å². The molecule has 3 aromatic carbocycles. The number of nitrogens with zero attached hydrogens (tertiary/aromatic N) is 2. The van der Waals surface area contributed by atoms with Gasteiger partial charge in [0.05, 0.1) is 22.2 Å². The lowest BCUT2D eigenvalue weighted by Crippen LogP contribution is -1.90. The van der Waals surface area contributed by atoms with Gasteiger partial charge in [0.15, 0.2) is 5.13 Å². The number of benzene rings is 3. The van der Waals surface area contributed by atoms with Gasteiger partial charge in [0.25, 0.3) is 0 Å². The molecule has 1 heterocycles. The van der Waals surface area contributed by atoms with Crippen LogP contribution in [0, 0.1) is 11.3 Å². The van der Waals surface area contributed by atoms with Crippen LogP contribution in [0.1, 0.15) is 5.56 Å². The molecular weight excluding hydrogens is 338 g/mol. The van der Waals surface area contributed by atoms with Crippen molar-refractivity contribution in [2.75, 3.05) is 5.32 Å². The van der Waals surface area contributed by atoms with Gasteiger partial charge >= 0.3 is 0 Å². The van der Waals surface area contributed by atoms with E-state index in [0.29, 0.717) is 5.56 Å². The molecule has 1 N–H and O–H groups in total. The molecule has 0 aliphatic heterocycles. The summed E-state index contributed by atoms with van der Waals surface area (Å²) >= 11 is 1.61. The van der Waals surface area contributed by atoms with Gasteiger partial charge in [0.1, 0.15) is 0 Å². The zero-order chi connectivity index (χ0) is 17.8. The molecule has 0 unspecified atom stereocenters. The molecule has 26 heavy (non-hydrogen) atoms. The minimum Gasteiger partial charge on any atom is -0.331 e. The predicted octanol–water partition coefficient (Wildman–Crippen LogP) is 6.09. The molecule has 1 aromatic heterocycles. The molecule has 0 bridgehead atoms. The van der Waals surface area contributed by atoms with E-state index in [1.54, 1.807) is 17.4 Å². The standard InChI is InChI=1S/C22H15N3S/c23-15-16-8-7-13-19(14-16)24-22-25-20(17-9-3-1-4-10-17)21(26-22)18-11-5-2-6-12-18/h1-14H,(H,24,25). The van der Waals surface area contributed by atoms with E-state index in [9.17, 15) is 0 Å². The van der Waals surface area contributed by atoms with Crippen LogP contribution in [0.4, 0.5) is 10.8 Å². The fourth-order valence-electron chi connectivity index (χ4n) is 2.74. The summed E-state index contributed by atoms with van der Waals surface area (Å²) in [5, 5.41) is 13.2. The van der Waals surface area contributed by atoms with E-state index in [1.165, 1.54) is 0 Å². The Morgan fingerprint density at radius 3 is 2.19 bits per heavy atom. The van der Waals surface area contributed by atoms with Gasteiger partial charge in [-0.25, -0.2) is 4.98 Å². The van der Waals surface area contributed by atoms with E-state index >= 15 is 0 Å². The first kappa shape index (κ1) is 16.1. The number of aromatic nitrogens is 1. The predicted molar refractivity (Wildman–Crippen MR) is 107 cm³/mol. The van der Waals surface area contributed by atoms with Crippen molar-refractivity contribution in [1.82, 2.24) is 4.98 Å². The Morgan fingerprint density at radius 2 is 1.50 bits per heavy atom. The molecule has 0 aliphatic carbocycles. The average Bonchev–Trinajstić information content (AvgIpc) is 3.13. The van der Waals surface area contributed by atoms with Gasteiger partial charge in [-0.15, -0.1) is 0 Å². The Labute approximate surface area is 156 Å². The zero-order valence-electron chi connectivity index (χ0n) is 13.9. The molecule has 0 aliphatic rings. The molecule has 4 aromatic rings. The summed E-state index contributed by atoms with van der Waals surface area (Å²) in [7, 11) is 0. The van der Waals surface area contributed by atoms with Gasteiger partial charge < -0.3 is 5.32 Å². The quantitative estimate of drug-likeness (QED) is 0.483. The van der Waals surface area contributed by atoms with Crippen molar-refractivity contribution in [2.45, 2.75) is 0 Å². The largest absolute Gasteiger partial charge is 0.331 e. The molecule has 0 saturated heterocycles. The average molecular weight is 353 g/mol. The highest BCUT2D eigenvalue weighted by Gasteiger charge is 2.15. The topological polar surface area (TPSA) is 48.7 Å². The van der Waals surface area contributed by atoms with Crippen LogP contribution in [0.2, 0.25) is 0 Å². The van der Waals surface area contributed by atoms with Crippen LogP contribution in [0.25, 0.3) is 21.7 Å². The highest BCUT2D eigenvalue weighted by Crippen LogP contribution is 2.39. The van der Waals surface area contributed by atoms with Crippen LogP contribution < -0.4 is 5.32 Å². The fourth-order valence-corrected chi connectivity index (χ4v) is 3.75. The second-order valence-corrected chi connectivity index (χ2v) is 6.75. The Morgan fingerprint density at radius 1 is 0.808 bits per heavy atom. The molecule has 0 atom stereocenters.